The molecule has 0 unspecified atom stereocenters. The minimum absolute atomic E-state index is 0.291. The predicted octanol–water partition coefficient (Wildman–Crippen LogP) is 4.37. The second kappa shape index (κ2) is 7.82. The molecule has 0 radical (unpaired) electrons. The van der Waals surface area contributed by atoms with Crippen molar-refractivity contribution in [3.8, 4) is 0 Å². The molecule has 6 heteroatoms. The number of nitrogens with one attached hydrogen (secondary N) is 1. The summed E-state index contributed by atoms with van der Waals surface area (Å²) in [5, 5.41) is 7.32. The number of halogens is 2. The van der Waals surface area contributed by atoms with E-state index in [1.807, 2.05) is 18.2 Å². The SMILES string of the molecule is C[C@H](O/N=C\c1cccc(Cl)c1Cl)C(=O)Nc1ccccc1. The first-order valence-corrected chi connectivity index (χ1v) is 7.32. The van der Waals surface area contributed by atoms with Crippen LogP contribution in [0.3, 0.4) is 0 Å². The summed E-state index contributed by atoms with van der Waals surface area (Å²) in [6.45, 7) is 1.61. The van der Waals surface area contributed by atoms with E-state index in [4.69, 9.17) is 28.0 Å². The Morgan fingerprint density at radius 1 is 1.18 bits per heavy atom. The first-order valence-electron chi connectivity index (χ1n) is 6.57. The molecule has 4 nitrogen and oxygen atoms in total. The van der Waals surface area contributed by atoms with Gasteiger partial charge < -0.3 is 10.2 Å². The molecule has 0 spiro atoms. The van der Waals surface area contributed by atoms with Crippen molar-refractivity contribution in [1.29, 1.82) is 0 Å². The largest absolute Gasteiger partial charge is 0.383 e. The van der Waals surface area contributed by atoms with Gasteiger partial charge in [0.1, 0.15) is 0 Å². The summed E-state index contributed by atoms with van der Waals surface area (Å²) < 4.78 is 0. The molecule has 0 saturated carbocycles. The van der Waals surface area contributed by atoms with E-state index in [0.717, 1.165) is 0 Å². The third-order valence-electron chi connectivity index (χ3n) is 2.80. The van der Waals surface area contributed by atoms with Crippen LogP contribution in [-0.2, 0) is 9.63 Å². The molecule has 0 heterocycles. The number of benzene rings is 2. The summed E-state index contributed by atoms with van der Waals surface area (Å²) in [5.41, 5.74) is 1.31. The van der Waals surface area contributed by atoms with E-state index in [0.29, 0.717) is 21.3 Å². The minimum Gasteiger partial charge on any atom is -0.383 e. The highest BCUT2D eigenvalue weighted by Gasteiger charge is 2.14. The molecule has 0 aliphatic carbocycles. The molecule has 1 atom stereocenters. The number of rotatable bonds is 5. The van der Waals surface area contributed by atoms with Crippen molar-refractivity contribution >= 4 is 41.0 Å². The summed E-state index contributed by atoms with van der Waals surface area (Å²) in [7, 11) is 0. The fourth-order valence-corrected chi connectivity index (χ4v) is 1.97. The van der Waals surface area contributed by atoms with E-state index < -0.39 is 6.10 Å². The van der Waals surface area contributed by atoms with Gasteiger partial charge >= 0.3 is 0 Å². The van der Waals surface area contributed by atoms with Crippen molar-refractivity contribution in [1.82, 2.24) is 0 Å². The molecule has 1 amide bonds. The van der Waals surface area contributed by atoms with Gasteiger partial charge in [-0.15, -0.1) is 0 Å². The molecule has 0 saturated heterocycles. The number of carbonyl (C=O) groups is 1. The zero-order chi connectivity index (χ0) is 15.9. The zero-order valence-electron chi connectivity index (χ0n) is 11.8. The number of amides is 1. The topological polar surface area (TPSA) is 50.7 Å². The van der Waals surface area contributed by atoms with Crippen molar-refractivity contribution in [2.45, 2.75) is 13.0 Å². The van der Waals surface area contributed by atoms with Crippen molar-refractivity contribution < 1.29 is 9.63 Å². The first kappa shape index (κ1) is 16.3. The molecule has 114 valence electrons. The lowest BCUT2D eigenvalue weighted by Crippen LogP contribution is -2.26. The quantitative estimate of drug-likeness (QED) is 0.651. The van der Waals surface area contributed by atoms with E-state index in [1.54, 1.807) is 37.3 Å². The van der Waals surface area contributed by atoms with Crippen LogP contribution in [0.2, 0.25) is 10.0 Å². The fourth-order valence-electron chi connectivity index (χ4n) is 1.61. The molecule has 1 N–H and O–H groups in total. The van der Waals surface area contributed by atoms with Gasteiger partial charge in [0.25, 0.3) is 5.91 Å². The number of oxime groups is 1. The van der Waals surface area contributed by atoms with Crippen LogP contribution >= 0.6 is 23.2 Å². The summed E-state index contributed by atoms with van der Waals surface area (Å²) in [5.74, 6) is -0.291. The molecular formula is C16H14Cl2N2O2. The van der Waals surface area contributed by atoms with E-state index in [-0.39, 0.29) is 5.91 Å². The monoisotopic (exact) mass is 336 g/mol. The Morgan fingerprint density at radius 3 is 2.64 bits per heavy atom. The molecule has 2 aromatic rings. The Hall–Kier alpha value is -2.04. The lowest BCUT2D eigenvalue weighted by Gasteiger charge is -2.10. The molecule has 2 aromatic carbocycles. The average Bonchev–Trinajstić information content (AvgIpc) is 2.52. The second-order valence-corrected chi connectivity index (χ2v) is 5.27. The highest BCUT2D eigenvalue weighted by Crippen LogP contribution is 2.24. The van der Waals surface area contributed by atoms with Crippen LogP contribution in [0.15, 0.2) is 53.7 Å². The maximum Gasteiger partial charge on any atom is 0.267 e. The standard InChI is InChI=1S/C16H14Cl2N2O2/c1-11(16(21)20-13-7-3-2-4-8-13)22-19-10-12-6-5-9-14(17)15(12)18/h2-11H,1H3,(H,20,21)/b19-10-/t11-/m0/s1. The van der Waals surface area contributed by atoms with Crippen LogP contribution in [0, 0.1) is 0 Å². The summed E-state index contributed by atoms with van der Waals surface area (Å²) in [6.07, 6.45) is 0.676. The maximum atomic E-state index is 11.9. The van der Waals surface area contributed by atoms with E-state index in [2.05, 4.69) is 10.5 Å². The molecule has 0 bridgehead atoms. The highest BCUT2D eigenvalue weighted by molar-refractivity contribution is 6.43. The van der Waals surface area contributed by atoms with Crippen molar-refractivity contribution in [2.75, 3.05) is 5.32 Å². The average molecular weight is 337 g/mol. The van der Waals surface area contributed by atoms with Crippen LogP contribution in [0.4, 0.5) is 5.69 Å². The Labute approximate surface area is 138 Å². The van der Waals surface area contributed by atoms with Crippen LogP contribution in [0.5, 0.6) is 0 Å². The minimum atomic E-state index is -0.741. The van der Waals surface area contributed by atoms with Gasteiger partial charge in [-0.25, -0.2) is 0 Å². The van der Waals surface area contributed by atoms with Gasteiger partial charge in [-0.1, -0.05) is 58.7 Å². The van der Waals surface area contributed by atoms with Gasteiger partial charge in [-0.05, 0) is 25.1 Å². The number of hydrogen-bond acceptors (Lipinski definition) is 3. The van der Waals surface area contributed by atoms with Crippen molar-refractivity contribution in [3.63, 3.8) is 0 Å². The van der Waals surface area contributed by atoms with Gasteiger partial charge in [-0.3, -0.25) is 4.79 Å². The number of anilines is 1. The van der Waals surface area contributed by atoms with Crippen molar-refractivity contribution in [3.05, 3.63) is 64.1 Å². The predicted molar refractivity (Wildman–Crippen MR) is 89.7 cm³/mol. The van der Waals surface area contributed by atoms with Gasteiger partial charge in [0, 0.05) is 11.3 Å². The smallest absolute Gasteiger partial charge is 0.267 e. The lowest BCUT2D eigenvalue weighted by molar-refractivity contribution is -0.126. The molecular weight excluding hydrogens is 323 g/mol. The maximum absolute atomic E-state index is 11.9. The lowest BCUT2D eigenvalue weighted by atomic mass is 10.2. The summed E-state index contributed by atoms with van der Waals surface area (Å²) in [4.78, 5) is 17.0. The Kier molecular flexibility index (Phi) is 5.81. The number of carbonyl (C=O) groups excluding carboxylic acids is 1. The Balaban J connectivity index is 1.92. The van der Waals surface area contributed by atoms with E-state index >= 15 is 0 Å². The molecule has 0 aromatic heterocycles. The Morgan fingerprint density at radius 2 is 1.91 bits per heavy atom. The molecule has 2 rings (SSSR count). The first-order chi connectivity index (χ1) is 10.6. The number of nitrogens with zero attached hydrogens (tertiary/aromatic N) is 1. The summed E-state index contributed by atoms with van der Waals surface area (Å²) >= 11 is 11.9. The van der Waals surface area contributed by atoms with Crippen LogP contribution in [0.1, 0.15) is 12.5 Å². The third kappa shape index (κ3) is 4.48. The fraction of sp³-hybridized carbons (Fsp3) is 0.125. The third-order valence-corrected chi connectivity index (χ3v) is 3.64. The van der Waals surface area contributed by atoms with Crippen LogP contribution in [0.25, 0.3) is 0 Å². The van der Waals surface area contributed by atoms with Gasteiger partial charge in [0.05, 0.1) is 16.3 Å². The van der Waals surface area contributed by atoms with Crippen molar-refractivity contribution in [2.24, 2.45) is 5.16 Å². The number of para-hydroxylation sites is 1. The summed E-state index contributed by atoms with van der Waals surface area (Å²) in [6, 6.07) is 14.3. The van der Waals surface area contributed by atoms with Gasteiger partial charge in [-0.2, -0.15) is 0 Å². The normalized spacial score (nSPS) is 12.1. The zero-order valence-corrected chi connectivity index (χ0v) is 13.3. The molecule has 0 aliphatic rings. The molecule has 22 heavy (non-hydrogen) atoms. The van der Waals surface area contributed by atoms with Gasteiger partial charge in [0.15, 0.2) is 0 Å². The van der Waals surface area contributed by atoms with E-state index in [9.17, 15) is 4.79 Å². The molecule has 0 fully saturated rings. The number of hydrogen-bond donors (Lipinski definition) is 1. The highest BCUT2D eigenvalue weighted by atomic mass is 35.5. The van der Waals surface area contributed by atoms with Crippen LogP contribution < -0.4 is 5.32 Å². The molecule has 0 aliphatic heterocycles. The second-order valence-electron chi connectivity index (χ2n) is 4.48. The van der Waals surface area contributed by atoms with Gasteiger partial charge in [0.2, 0.25) is 6.10 Å². The van der Waals surface area contributed by atoms with E-state index in [1.165, 1.54) is 6.21 Å². The van der Waals surface area contributed by atoms with Crippen LogP contribution in [-0.4, -0.2) is 18.2 Å². The Bertz CT molecular complexity index is 675.